The highest BCUT2D eigenvalue weighted by molar-refractivity contribution is 5.45. The minimum atomic E-state index is -0.591. The smallest absolute Gasteiger partial charge is 0.271 e. The Hall–Kier alpha value is -2.34. The Morgan fingerprint density at radius 3 is 2.52 bits per heavy atom. The maximum atomic E-state index is 12.2. The first-order valence-electron chi connectivity index (χ1n) is 6.50. The van der Waals surface area contributed by atoms with E-state index >= 15 is 0 Å². The summed E-state index contributed by atoms with van der Waals surface area (Å²) in [7, 11) is 4.74. The van der Waals surface area contributed by atoms with Gasteiger partial charge in [-0.25, -0.2) is 4.68 Å². The van der Waals surface area contributed by atoms with Gasteiger partial charge in [0.05, 0.1) is 26.0 Å². The van der Waals surface area contributed by atoms with Crippen molar-refractivity contribution < 1.29 is 9.47 Å². The third-order valence-electron chi connectivity index (χ3n) is 3.32. The van der Waals surface area contributed by atoms with Crippen LogP contribution in [0.1, 0.15) is 22.9 Å². The second-order valence-corrected chi connectivity index (χ2v) is 4.76. The predicted octanol–water partition coefficient (Wildman–Crippen LogP) is 1.15. The Balaban J connectivity index is 2.54. The van der Waals surface area contributed by atoms with E-state index in [1.807, 2.05) is 6.92 Å². The summed E-state index contributed by atoms with van der Waals surface area (Å²) in [5, 5.41) is 4.08. The van der Waals surface area contributed by atoms with Gasteiger partial charge in [-0.05, 0) is 25.1 Å². The van der Waals surface area contributed by atoms with Crippen LogP contribution in [-0.2, 0) is 7.05 Å². The van der Waals surface area contributed by atoms with Crippen molar-refractivity contribution >= 4 is 0 Å². The summed E-state index contributed by atoms with van der Waals surface area (Å²) in [6, 6.07) is 6.45. The molecular weight excluding hydrogens is 270 g/mol. The van der Waals surface area contributed by atoms with Crippen molar-refractivity contribution in [1.82, 2.24) is 9.78 Å². The fourth-order valence-corrected chi connectivity index (χ4v) is 2.25. The van der Waals surface area contributed by atoms with Crippen LogP contribution in [0.4, 0.5) is 0 Å². The molecule has 0 aliphatic heterocycles. The molecule has 1 aromatic carbocycles. The number of aromatic nitrogens is 2. The minimum absolute atomic E-state index is 0.217. The van der Waals surface area contributed by atoms with E-state index in [0.29, 0.717) is 17.1 Å². The summed E-state index contributed by atoms with van der Waals surface area (Å²) in [6.07, 6.45) is 0. The summed E-state index contributed by atoms with van der Waals surface area (Å²) in [4.78, 5) is 12.2. The van der Waals surface area contributed by atoms with Gasteiger partial charge in [0.15, 0.2) is 0 Å². The van der Waals surface area contributed by atoms with Gasteiger partial charge in [0.1, 0.15) is 11.5 Å². The Morgan fingerprint density at radius 1 is 1.19 bits per heavy atom. The van der Waals surface area contributed by atoms with E-state index in [1.54, 1.807) is 45.5 Å². The van der Waals surface area contributed by atoms with Gasteiger partial charge in [0.2, 0.25) is 0 Å². The Bertz CT molecular complexity index is 710. The number of benzene rings is 1. The molecule has 0 radical (unpaired) electrons. The first-order valence-corrected chi connectivity index (χ1v) is 6.50. The molecule has 6 nitrogen and oxygen atoms in total. The van der Waals surface area contributed by atoms with E-state index in [-0.39, 0.29) is 5.56 Å². The van der Waals surface area contributed by atoms with E-state index < -0.39 is 6.04 Å². The molecule has 1 heterocycles. The molecule has 0 bridgehead atoms. The lowest BCUT2D eigenvalue weighted by Crippen LogP contribution is -2.29. The highest BCUT2D eigenvalue weighted by atomic mass is 16.5. The van der Waals surface area contributed by atoms with Gasteiger partial charge < -0.3 is 15.2 Å². The minimum Gasteiger partial charge on any atom is -0.497 e. The fourth-order valence-electron chi connectivity index (χ4n) is 2.25. The second kappa shape index (κ2) is 5.97. The first-order chi connectivity index (χ1) is 9.97. The average Bonchev–Trinajstić information content (AvgIpc) is 2.49. The number of methoxy groups -OCH3 is 2. The number of rotatable bonds is 4. The number of hydrogen-bond donors (Lipinski definition) is 1. The molecule has 2 rings (SSSR count). The number of nitrogens with two attached hydrogens (primary N) is 1. The zero-order chi connectivity index (χ0) is 15.6. The van der Waals surface area contributed by atoms with Crippen molar-refractivity contribution in [2.24, 2.45) is 12.8 Å². The average molecular weight is 289 g/mol. The van der Waals surface area contributed by atoms with Gasteiger partial charge in [-0.15, -0.1) is 0 Å². The van der Waals surface area contributed by atoms with Gasteiger partial charge in [0, 0.05) is 24.2 Å². The molecule has 6 heteroatoms. The molecule has 2 N–H and O–H groups in total. The van der Waals surface area contributed by atoms with Gasteiger partial charge in [-0.3, -0.25) is 4.79 Å². The van der Waals surface area contributed by atoms with Crippen LogP contribution in [0.25, 0.3) is 0 Å². The SMILES string of the molecule is COc1ccc(C(N)c2cc(C)nn(C)c2=O)c(OC)c1. The van der Waals surface area contributed by atoms with Crippen LogP contribution in [0.2, 0.25) is 0 Å². The van der Waals surface area contributed by atoms with Crippen LogP contribution in [-0.4, -0.2) is 24.0 Å². The molecule has 0 saturated carbocycles. The first kappa shape index (κ1) is 15.1. The Kier molecular flexibility index (Phi) is 4.28. The molecule has 1 atom stereocenters. The summed E-state index contributed by atoms with van der Waals surface area (Å²) in [5.41, 5.74) is 7.98. The Morgan fingerprint density at radius 2 is 1.90 bits per heavy atom. The van der Waals surface area contributed by atoms with E-state index in [4.69, 9.17) is 15.2 Å². The van der Waals surface area contributed by atoms with E-state index in [0.717, 1.165) is 11.3 Å². The molecule has 0 fully saturated rings. The van der Waals surface area contributed by atoms with E-state index in [1.165, 1.54) is 4.68 Å². The zero-order valence-electron chi connectivity index (χ0n) is 12.6. The highest BCUT2D eigenvalue weighted by Gasteiger charge is 2.19. The van der Waals surface area contributed by atoms with Crippen molar-refractivity contribution in [3.05, 3.63) is 51.4 Å². The monoisotopic (exact) mass is 289 g/mol. The van der Waals surface area contributed by atoms with E-state index in [9.17, 15) is 4.79 Å². The van der Waals surface area contributed by atoms with Crippen LogP contribution in [0.3, 0.4) is 0 Å². The lowest BCUT2D eigenvalue weighted by molar-refractivity contribution is 0.389. The van der Waals surface area contributed by atoms with Gasteiger partial charge >= 0.3 is 0 Å². The maximum absolute atomic E-state index is 12.2. The van der Waals surface area contributed by atoms with Crippen molar-refractivity contribution in [3.63, 3.8) is 0 Å². The van der Waals surface area contributed by atoms with Crippen LogP contribution in [0, 0.1) is 6.92 Å². The van der Waals surface area contributed by atoms with E-state index in [2.05, 4.69) is 5.10 Å². The van der Waals surface area contributed by atoms with Crippen LogP contribution in [0.5, 0.6) is 11.5 Å². The predicted molar refractivity (Wildman–Crippen MR) is 79.8 cm³/mol. The zero-order valence-corrected chi connectivity index (χ0v) is 12.6. The maximum Gasteiger partial charge on any atom is 0.271 e. The molecule has 0 amide bonds. The lowest BCUT2D eigenvalue weighted by atomic mass is 9.99. The standard InChI is InChI=1S/C15H19N3O3/c1-9-7-12(15(19)18(2)17-9)14(16)11-6-5-10(20-3)8-13(11)21-4/h5-8,14H,16H2,1-4H3. The molecule has 1 aromatic heterocycles. The summed E-state index contributed by atoms with van der Waals surface area (Å²) >= 11 is 0. The van der Waals surface area contributed by atoms with Crippen molar-refractivity contribution in [3.8, 4) is 11.5 Å². The summed E-state index contributed by atoms with van der Waals surface area (Å²) < 4.78 is 11.8. The van der Waals surface area contributed by atoms with Crippen LogP contribution in [0.15, 0.2) is 29.1 Å². The quantitative estimate of drug-likeness (QED) is 0.913. The van der Waals surface area contributed by atoms with Crippen molar-refractivity contribution in [2.45, 2.75) is 13.0 Å². The van der Waals surface area contributed by atoms with Gasteiger partial charge in [-0.2, -0.15) is 5.10 Å². The normalized spacial score (nSPS) is 12.0. The molecule has 1 unspecified atom stereocenters. The topological polar surface area (TPSA) is 79.4 Å². The lowest BCUT2D eigenvalue weighted by Gasteiger charge is -2.17. The van der Waals surface area contributed by atoms with Crippen molar-refractivity contribution in [2.75, 3.05) is 14.2 Å². The van der Waals surface area contributed by atoms with Gasteiger partial charge in [0.25, 0.3) is 5.56 Å². The molecule has 2 aromatic rings. The van der Waals surface area contributed by atoms with Crippen LogP contribution >= 0.6 is 0 Å². The molecule has 0 spiro atoms. The molecule has 0 saturated heterocycles. The largest absolute Gasteiger partial charge is 0.497 e. The fraction of sp³-hybridized carbons (Fsp3) is 0.333. The molecule has 0 aliphatic rings. The summed E-state index contributed by atoms with van der Waals surface area (Å²) in [5.74, 6) is 1.25. The second-order valence-electron chi connectivity index (χ2n) is 4.76. The van der Waals surface area contributed by atoms with Crippen LogP contribution < -0.4 is 20.8 Å². The Labute approximate surface area is 123 Å². The third kappa shape index (κ3) is 2.90. The number of nitrogens with zero attached hydrogens (tertiary/aromatic N) is 2. The molecule has 112 valence electrons. The number of ether oxygens (including phenoxy) is 2. The van der Waals surface area contributed by atoms with Gasteiger partial charge in [-0.1, -0.05) is 0 Å². The summed E-state index contributed by atoms with van der Waals surface area (Å²) in [6.45, 7) is 1.82. The molecular formula is C15H19N3O3. The van der Waals surface area contributed by atoms with Crippen molar-refractivity contribution in [1.29, 1.82) is 0 Å². The highest BCUT2D eigenvalue weighted by Crippen LogP contribution is 2.30. The number of aryl methyl sites for hydroxylation is 2. The number of hydrogen-bond acceptors (Lipinski definition) is 5. The molecule has 0 aliphatic carbocycles. The third-order valence-corrected chi connectivity index (χ3v) is 3.32. The molecule has 21 heavy (non-hydrogen) atoms.